The monoisotopic (exact) mass is 444 g/mol. The van der Waals surface area contributed by atoms with E-state index in [2.05, 4.69) is 18.6 Å². The van der Waals surface area contributed by atoms with Crippen LogP contribution in [0.15, 0.2) is 12.1 Å². The summed E-state index contributed by atoms with van der Waals surface area (Å²) in [5.74, 6) is -1.95. The molecule has 1 aromatic rings. The molecule has 0 radical (unpaired) electrons. The fraction of sp³-hybridized carbons (Fsp3) is 0.760. The topological polar surface area (TPSA) is 18.5 Å². The Hall–Kier alpha value is -1.30. The van der Waals surface area contributed by atoms with Gasteiger partial charge in [0.1, 0.15) is 0 Å². The number of benzene rings is 1. The van der Waals surface area contributed by atoms with Crippen LogP contribution in [0.4, 0.5) is 17.6 Å². The van der Waals surface area contributed by atoms with Crippen molar-refractivity contribution in [3.63, 3.8) is 0 Å². The number of rotatable bonds is 9. The van der Waals surface area contributed by atoms with Gasteiger partial charge in [-0.3, -0.25) is 0 Å². The van der Waals surface area contributed by atoms with E-state index in [4.69, 9.17) is 4.74 Å². The number of hydrogen-bond acceptors (Lipinski definition) is 2. The van der Waals surface area contributed by atoms with Crippen LogP contribution in [0.1, 0.15) is 96.0 Å². The molecule has 2 fully saturated rings. The van der Waals surface area contributed by atoms with E-state index >= 15 is 0 Å². The quantitative estimate of drug-likeness (QED) is 0.359. The summed E-state index contributed by atoms with van der Waals surface area (Å²) in [7, 11) is 0. The Morgan fingerprint density at radius 1 is 0.871 bits per heavy atom. The van der Waals surface area contributed by atoms with Gasteiger partial charge in [0.05, 0.1) is 6.10 Å². The van der Waals surface area contributed by atoms with Crippen LogP contribution in [0.3, 0.4) is 0 Å². The molecule has 0 bridgehead atoms. The van der Waals surface area contributed by atoms with Gasteiger partial charge >= 0.3 is 6.11 Å². The lowest BCUT2D eigenvalue weighted by atomic mass is 9.77. The fourth-order valence-corrected chi connectivity index (χ4v) is 5.22. The van der Waals surface area contributed by atoms with Gasteiger partial charge in [-0.2, -0.15) is 13.2 Å². The molecule has 0 aliphatic heterocycles. The summed E-state index contributed by atoms with van der Waals surface area (Å²) in [6.45, 7) is 3.32. The van der Waals surface area contributed by atoms with Gasteiger partial charge in [0.15, 0.2) is 18.2 Å². The van der Waals surface area contributed by atoms with Crippen molar-refractivity contribution < 1.29 is 27.0 Å². The van der Waals surface area contributed by atoms with Crippen LogP contribution < -0.4 is 4.74 Å². The number of halogens is 4. The Balaban J connectivity index is 1.56. The number of hydrogen-bond donors (Lipinski definition) is 0. The molecule has 0 unspecified atom stereocenters. The Morgan fingerprint density at radius 3 is 2.13 bits per heavy atom. The van der Waals surface area contributed by atoms with Gasteiger partial charge in [0, 0.05) is 0 Å². The van der Waals surface area contributed by atoms with Crippen LogP contribution >= 0.6 is 0 Å². The van der Waals surface area contributed by atoms with Crippen LogP contribution in [0.5, 0.6) is 5.75 Å². The minimum atomic E-state index is -3.71. The van der Waals surface area contributed by atoms with Crippen LogP contribution in [0.25, 0.3) is 0 Å². The van der Waals surface area contributed by atoms with Gasteiger partial charge in [0.2, 0.25) is 5.82 Å². The van der Waals surface area contributed by atoms with E-state index in [0.29, 0.717) is 11.8 Å². The van der Waals surface area contributed by atoms with E-state index in [1.54, 1.807) is 0 Å². The zero-order valence-corrected chi connectivity index (χ0v) is 18.8. The molecule has 2 aliphatic rings. The average Bonchev–Trinajstić information content (AvgIpc) is 2.77. The number of ether oxygens (including phenoxy) is 2. The van der Waals surface area contributed by atoms with Crippen LogP contribution in [0, 0.1) is 23.5 Å². The van der Waals surface area contributed by atoms with Crippen molar-refractivity contribution in [2.75, 3.05) is 6.61 Å². The molecule has 0 N–H and O–H groups in total. The first-order chi connectivity index (χ1) is 14.8. The van der Waals surface area contributed by atoms with Gasteiger partial charge in [-0.05, 0) is 80.8 Å². The van der Waals surface area contributed by atoms with Crippen molar-refractivity contribution in [1.82, 2.24) is 0 Å². The fourth-order valence-electron chi connectivity index (χ4n) is 5.22. The van der Waals surface area contributed by atoms with Gasteiger partial charge in [-0.1, -0.05) is 39.2 Å². The van der Waals surface area contributed by atoms with E-state index in [9.17, 15) is 17.6 Å². The van der Waals surface area contributed by atoms with Crippen molar-refractivity contribution in [3.05, 3.63) is 29.3 Å². The maximum Gasteiger partial charge on any atom is 0.422 e. The van der Waals surface area contributed by atoms with Crippen LogP contribution in [-0.4, -0.2) is 18.8 Å². The molecule has 0 amide bonds. The first-order valence-corrected chi connectivity index (χ1v) is 12.0. The zero-order chi connectivity index (χ0) is 22.4. The molecule has 176 valence electrons. The second-order valence-corrected chi connectivity index (χ2v) is 9.39. The van der Waals surface area contributed by atoms with E-state index in [-0.39, 0.29) is 17.6 Å². The molecule has 0 heterocycles. The minimum absolute atomic E-state index is 0.0706. The largest absolute Gasteiger partial charge is 0.428 e. The average molecular weight is 445 g/mol. The van der Waals surface area contributed by atoms with Crippen molar-refractivity contribution in [2.45, 2.75) is 103 Å². The van der Waals surface area contributed by atoms with Crippen LogP contribution in [-0.2, 0) is 4.74 Å². The highest BCUT2D eigenvalue weighted by Crippen LogP contribution is 2.40. The summed E-state index contributed by atoms with van der Waals surface area (Å²) in [4.78, 5) is 0. The molecule has 0 spiro atoms. The molecule has 1 aromatic carbocycles. The van der Waals surface area contributed by atoms with Gasteiger partial charge in [-0.25, -0.2) is 4.39 Å². The second-order valence-electron chi connectivity index (χ2n) is 9.39. The highest BCUT2D eigenvalue weighted by atomic mass is 19.3. The zero-order valence-electron chi connectivity index (χ0n) is 18.8. The standard InChI is InChI=1S/C25H36F4O2/c1-3-5-18-6-10-19(11-7-18)21-14-15-22(24(27)23(21)26)31-25(28,29)16-30-20-12-8-17(4-2)9-13-20/h14-15,17-20H,3-13,16H2,1-2H3. The van der Waals surface area contributed by atoms with E-state index in [1.165, 1.54) is 6.07 Å². The summed E-state index contributed by atoms with van der Waals surface area (Å²) >= 11 is 0. The van der Waals surface area contributed by atoms with E-state index < -0.39 is 30.1 Å². The van der Waals surface area contributed by atoms with Gasteiger partial charge < -0.3 is 9.47 Å². The Kier molecular flexibility index (Phi) is 8.65. The minimum Gasteiger partial charge on any atom is -0.428 e. The smallest absolute Gasteiger partial charge is 0.422 e. The third-order valence-corrected chi connectivity index (χ3v) is 7.18. The predicted octanol–water partition coefficient (Wildman–Crippen LogP) is 8.00. The Bertz CT molecular complexity index is 693. The highest BCUT2D eigenvalue weighted by Gasteiger charge is 2.36. The molecule has 0 atom stereocenters. The molecule has 31 heavy (non-hydrogen) atoms. The molecule has 0 aromatic heterocycles. The van der Waals surface area contributed by atoms with Crippen LogP contribution in [0.2, 0.25) is 0 Å². The van der Waals surface area contributed by atoms with E-state index in [0.717, 1.165) is 76.7 Å². The maximum absolute atomic E-state index is 14.7. The highest BCUT2D eigenvalue weighted by molar-refractivity contribution is 5.33. The summed E-state index contributed by atoms with van der Waals surface area (Å²) in [5, 5.41) is 0. The summed E-state index contributed by atoms with van der Waals surface area (Å²) in [5.41, 5.74) is 0.270. The van der Waals surface area contributed by atoms with Gasteiger partial charge in [-0.15, -0.1) is 0 Å². The molecular weight excluding hydrogens is 408 g/mol. The first kappa shape index (κ1) is 24.3. The molecule has 0 saturated heterocycles. The molecule has 2 saturated carbocycles. The molecular formula is C25H36F4O2. The third kappa shape index (κ3) is 6.59. The summed E-state index contributed by atoms with van der Waals surface area (Å²) in [6, 6.07) is 2.54. The van der Waals surface area contributed by atoms with Gasteiger partial charge in [0.25, 0.3) is 0 Å². The second kappa shape index (κ2) is 11.0. The number of alkyl halides is 2. The van der Waals surface area contributed by atoms with Crippen molar-refractivity contribution >= 4 is 0 Å². The van der Waals surface area contributed by atoms with E-state index in [1.807, 2.05) is 0 Å². The first-order valence-electron chi connectivity index (χ1n) is 12.0. The lowest BCUT2D eigenvalue weighted by Gasteiger charge is -2.30. The molecule has 3 rings (SSSR count). The lowest BCUT2D eigenvalue weighted by Crippen LogP contribution is -2.34. The Labute approximate surface area is 183 Å². The molecule has 2 nitrogen and oxygen atoms in total. The predicted molar refractivity (Wildman–Crippen MR) is 114 cm³/mol. The van der Waals surface area contributed by atoms with Crippen molar-refractivity contribution in [1.29, 1.82) is 0 Å². The molecule has 6 heteroatoms. The summed E-state index contributed by atoms with van der Waals surface area (Å²) in [6.07, 6.45) is 6.43. The normalized spacial score (nSPS) is 27.3. The summed E-state index contributed by atoms with van der Waals surface area (Å²) < 4.78 is 67.6. The maximum atomic E-state index is 14.7. The molecule has 2 aliphatic carbocycles. The third-order valence-electron chi connectivity index (χ3n) is 7.18. The van der Waals surface area contributed by atoms with Crippen molar-refractivity contribution in [3.8, 4) is 5.75 Å². The van der Waals surface area contributed by atoms with Crippen molar-refractivity contribution in [2.24, 2.45) is 11.8 Å². The SMILES string of the molecule is CCCC1CCC(c2ccc(OC(F)(F)COC3CCC(CC)CC3)c(F)c2F)CC1. The lowest BCUT2D eigenvalue weighted by molar-refractivity contribution is -0.223. The Morgan fingerprint density at radius 2 is 1.52 bits per heavy atom.